The number of amides is 1. The van der Waals surface area contributed by atoms with Gasteiger partial charge in [-0.05, 0) is 62.8 Å². The standard InChI is InChI=1S/C20H23FN2O2/c1-13(24)14-5-8-18(9-6-14)23-20(25)16-7-10-19(22-12-16)15-3-2-4-17(21)11-15/h2-4,7,10-14,18,24H,5-6,8-9H2,1H3,(H,23,25). The maximum absolute atomic E-state index is 13.3. The lowest BCUT2D eigenvalue weighted by Gasteiger charge is -2.30. The molecular weight excluding hydrogens is 319 g/mol. The van der Waals surface area contributed by atoms with Gasteiger partial charge in [-0.1, -0.05) is 12.1 Å². The van der Waals surface area contributed by atoms with Crippen LogP contribution in [0.5, 0.6) is 0 Å². The lowest BCUT2D eigenvalue weighted by Crippen LogP contribution is -2.39. The van der Waals surface area contributed by atoms with Crippen LogP contribution in [0.4, 0.5) is 4.39 Å². The van der Waals surface area contributed by atoms with Crippen molar-refractivity contribution < 1.29 is 14.3 Å². The van der Waals surface area contributed by atoms with E-state index in [-0.39, 0.29) is 23.9 Å². The summed E-state index contributed by atoms with van der Waals surface area (Å²) in [5, 5.41) is 12.7. The summed E-state index contributed by atoms with van der Waals surface area (Å²) in [6.45, 7) is 1.83. The number of aromatic nitrogens is 1. The molecule has 1 saturated carbocycles. The van der Waals surface area contributed by atoms with Gasteiger partial charge in [0.25, 0.3) is 5.91 Å². The molecule has 132 valence electrons. The average Bonchev–Trinajstić information content (AvgIpc) is 2.62. The minimum atomic E-state index is -0.311. The fourth-order valence-corrected chi connectivity index (χ4v) is 3.36. The van der Waals surface area contributed by atoms with Gasteiger partial charge in [0.05, 0.1) is 17.4 Å². The second-order valence-corrected chi connectivity index (χ2v) is 6.77. The maximum atomic E-state index is 13.3. The van der Waals surface area contributed by atoms with E-state index in [9.17, 15) is 14.3 Å². The van der Waals surface area contributed by atoms with E-state index in [1.54, 1.807) is 24.3 Å². The van der Waals surface area contributed by atoms with Crippen molar-refractivity contribution in [2.24, 2.45) is 5.92 Å². The molecular formula is C20H23FN2O2. The highest BCUT2D eigenvalue weighted by Crippen LogP contribution is 2.27. The third-order valence-electron chi connectivity index (χ3n) is 4.94. The zero-order valence-corrected chi connectivity index (χ0v) is 14.3. The predicted octanol–water partition coefficient (Wildman–Crippen LogP) is 3.56. The molecule has 0 bridgehead atoms. The number of carbonyl (C=O) groups is 1. The molecule has 4 nitrogen and oxygen atoms in total. The Morgan fingerprint density at radius 1 is 1.24 bits per heavy atom. The average molecular weight is 342 g/mol. The number of halogens is 1. The third-order valence-corrected chi connectivity index (χ3v) is 4.94. The van der Waals surface area contributed by atoms with Crippen LogP contribution in [-0.2, 0) is 0 Å². The first-order chi connectivity index (χ1) is 12.0. The molecule has 0 aliphatic heterocycles. The van der Waals surface area contributed by atoms with Crippen LogP contribution in [0.25, 0.3) is 11.3 Å². The van der Waals surface area contributed by atoms with Gasteiger partial charge >= 0.3 is 0 Å². The number of aliphatic hydroxyl groups is 1. The molecule has 0 saturated heterocycles. The van der Waals surface area contributed by atoms with Crippen molar-refractivity contribution in [3.8, 4) is 11.3 Å². The number of nitrogens with zero attached hydrogens (tertiary/aromatic N) is 1. The molecule has 1 aliphatic carbocycles. The SMILES string of the molecule is CC(O)C1CCC(NC(=O)c2ccc(-c3cccc(F)c3)nc2)CC1. The van der Waals surface area contributed by atoms with E-state index in [1.165, 1.54) is 18.3 Å². The Labute approximate surface area is 147 Å². The Morgan fingerprint density at radius 2 is 2.00 bits per heavy atom. The molecule has 0 spiro atoms. The van der Waals surface area contributed by atoms with Crippen LogP contribution in [0.15, 0.2) is 42.6 Å². The van der Waals surface area contributed by atoms with Crippen molar-refractivity contribution in [2.75, 3.05) is 0 Å². The molecule has 5 heteroatoms. The van der Waals surface area contributed by atoms with Gasteiger partial charge in [-0.3, -0.25) is 9.78 Å². The zero-order valence-electron chi connectivity index (χ0n) is 14.3. The molecule has 3 rings (SSSR count). The number of rotatable bonds is 4. The molecule has 1 fully saturated rings. The lowest BCUT2D eigenvalue weighted by atomic mass is 9.83. The second-order valence-electron chi connectivity index (χ2n) is 6.77. The largest absolute Gasteiger partial charge is 0.393 e. The minimum absolute atomic E-state index is 0.140. The summed E-state index contributed by atoms with van der Waals surface area (Å²) < 4.78 is 13.3. The van der Waals surface area contributed by atoms with Gasteiger partial charge in [-0.25, -0.2) is 4.39 Å². The smallest absolute Gasteiger partial charge is 0.253 e. The summed E-state index contributed by atoms with van der Waals surface area (Å²) in [4.78, 5) is 16.6. The van der Waals surface area contributed by atoms with Crippen LogP contribution >= 0.6 is 0 Å². The topological polar surface area (TPSA) is 62.2 Å². The van der Waals surface area contributed by atoms with Crippen molar-refractivity contribution in [2.45, 2.75) is 44.8 Å². The molecule has 1 aromatic carbocycles. The number of benzene rings is 1. The third kappa shape index (κ3) is 4.42. The molecule has 1 heterocycles. The van der Waals surface area contributed by atoms with Crippen LogP contribution in [0.3, 0.4) is 0 Å². The van der Waals surface area contributed by atoms with Crippen molar-refractivity contribution in [1.82, 2.24) is 10.3 Å². The number of hydrogen-bond donors (Lipinski definition) is 2. The van der Waals surface area contributed by atoms with Gasteiger partial charge in [-0.2, -0.15) is 0 Å². The molecule has 1 aromatic heterocycles. The van der Waals surface area contributed by atoms with Crippen LogP contribution in [0, 0.1) is 11.7 Å². The highest BCUT2D eigenvalue weighted by molar-refractivity contribution is 5.94. The van der Waals surface area contributed by atoms with Gasteiger partial charge in [-0.15, -0.1) is 0 Å². The molecule has 1 amide bonds. The van der Waals surface area contributed by atoms with E-state index in [4.69, 9.17) is 0 Å². The molecule has 1 aliphatic rings. The molecule has 0 radical (unpaired) electrons. The van der Waals surface area contributed by atoms with Gasteiger partial charge in [0.2, 0.25) is 0 Å². The van der Waals surface area contributed by atoms with Crippen LogP contribution < -0.4 is 5.32 Å². The van der Waals surface area contributed by atoms with Gasteiger partial charge < -0.3 is 10.4 Å². The quantitative estimate of drug-likeness (QED) is 0.893. The van der Waals surface area contributed by atoms with Crippen LogP contribution in [0.1, 0.15) is 43.0 Å². The van der Waals surface area contributed by atoms with E-state index in [1.807, 2.05) is 6.92 Å². The first-order valence-electron chi connectivity index (χ1n) is 8.74. The minimum Gasteiger partial charge on any atom is -0.393 e. The Morgan fingerprint density at radius 3 is 2.60 bits per heavy atom. The molecule has 1 atom stereocenters. The highest BCUT2D eigenvalue weighted by Gasteiger charge is 2.25. The number of hydrogen-bond acceptors (Lipinski definition) is 3. The summed E-state index contributed by atoms with van der Waals surface area (Å²) >= 11 is 0. The molecule has 25 heavy (non-hydrogen) atoms. The summed E-state index contributed by atoms with van der Waals surface area (Å²) in [6, 6.07) is 9.81. The first-order valence-corrected chi connectivity index (χ1v) is 8.74. The zero-order chi connectivity index (χ0) is 17.8. The fourth-order valence-electron chi connectivity index (χ4n) is 3.36. The highest BCUT2D eigenvalue weighted by atomic mass is 19.1. The lowest BCUT2D eigenvalue weighted by molar-refractivity contribution is 0.0832. The van der Waals surface area contributed by atoms with Crippen LogP contribution in [0.2, 0.25) is 0 Å². The maximum Gasteiger partial charge on any atom is 0.253 e. The second kappa shape index (κ2) is 7.74. The van der Waals surface area contributed by atoms with Crippen molar-refractivity contribution >= 4 is 5.91 Å². The van der Waals surface area contributed by atoms with Gasteiger partial charge in [0, 0.05) is 17.8 Å². The van der Waals surface area contributed by atoms with Crippen molar-refractivity contribution in [3.05, 3.63) is 54.0 Å². The number of carbonyl (C=O) groups excluding carboxylic acids is 1. The Balaban J connectivity index is 1.60. The Kier molecular flexibility index (Phi) is 5.43. The van der Waals surface area contributed by atoms with Gasteiger partial charge in [0.15, 0.2) is 0 Å². The molecule has 2 aromatic rings. The fraction of sp³-hybridized carbons (Fsp3) is 0.400. The Bertz CT molecular complexity index is 723. The van der Waals surface area contributed by atoms with E-state index >= 15 is 0 Å². The summed E-state index contributed by atoms with van der Waals surface area (Å²) in [7, 11) is 0. The normalized spacial score (nSPS) is 21.6. The monoisotopic (exact) mass is 342 g/mol. The van der Waals surface area contributed by atoms with E-state index in [0.29, 0.717) is 22.7 Å². The number of aliphatic hydroxyl groups excluding tert-OH is 1. The van der Waals surface area contributed by atoms with Crippen LogP contribution in [-0.4, -0.2) is 28.1 Å². The summed E-state index contributed by atoms with van der Waals surface area (Å²) in [5.41, 5.74) is 1.81. The predicted molar refractivity (Wildman–Crippen MR) is 94.5 cm³/mol. The van der Waals surface area contributed by atoms with Crippen molar-refractivity contribution in [1.29, 1.82) is 0 Å². The number of pyridine rings is 1. The number of nitrogens with one attached hydrogen (secondary N) is 1. The van der Waals surface area contributed by atoms with Gasteiger partial charge in [0.1, 0.15) is 5.82 Å². The first kappa shape index (κ1) is 17.5. The van der Waals surface area contributed by atoms with Crippen molar-refractivity contribution in [3.63, 3.8) is 0 Å². The summed E-state index contributed by atoms with van der Waals surface area (Å²) in [5.74, 6) is -0.118. The summed E-state index contributed by atoms with van der Waals surface area (Å²) in [6.07, 6.45) is 4.87. The molecule has 1 unspecified atom stereocenters. The van der Waals surface area contributed by atoms with E-state index in [0.717, 1.165) is 25.7 Å². The Hall–Kier alpha value is -2.27. The molecule has 2 N–H and O–H groups in total. The van der Waals surface area contributed by atoms with E-state index < -0.39 is 0 Å². The van der Waals surface area contributed by atoms with E-state index in [2.05, 4.69) is 10.3 Å².